The van der Waals surface area contributed by atoms with Crippen molar-refractivity contribution in [1.82, 2.24) is 4.90 Å². The molecule has 3 aromatic rings. The van der Waals surface area contributed by atoms with Crippen LogP contribution in [-0.2, 0) is 11.4 Å². The summed E-state index contributed by atoms with van der Waals surface area (Å²) < 4.78 is 12.7. The highest BCUT2D eigenvalue weighted by molar-refractivity contribution is 9.10. The largest absolute Gasteiger partial charge is 0.490 e. The molecule has 1 amide bonds. The van der Waals surface area contributed by atoms with Crippen LogP contribution in [0.2, 0.25) is 0 Å². The van der Waals surface area contributed by atoms with Crippen LogP contribution in [0.3, 0.4) is 0 Å². The first-order valence-corrected chi connectivity index (χ1v) is 13.7. The number of carboxylic acids is 1. The molecule has 0 radical (unpaired) electrons. The predicted octanol–water partition coefficient (Wildman–Crippen LogP) is 7.06. The highest BCUT2D eigenvalue weighted by Crippen LogP contribution is 2.39. The second-order valence-corrected chi connectivity index (χ2v) is 10.3. The van der Waals surface area contributed by atoms with E-state index in [4.69, 9.17) is 9.47 Å². The van der Waals surface area contributed by atoms with Crippen LogP contribution in [0.25, 0.3) is 6.08 Å². The number of likely N-dealkylation sites (N-methyl/N-ethyl adjacent to an activating group) is 1. The SMILES string of the molecule is CCOc1cc(C=C2SC(=Nc3cccc(C(=O)O)c3)N(CC)C2=O)c(Br)cc1OCc1ccc(C)cc1. The number of halogens is 1. The van der Waals surface area contributed by atoms with Crippen molar-refractivity contribution >= 4 is 56.5 Å². The van der Waals surface area contributed by atoms with Gasteiger partial charge in [-0.1, -0.05) is 51.8 Å². The van der Waals surface area contributed by atoms with Gasteiger partial charge in [-0.25, -0.2) is 9.79 Å². The number of aliphatic imine (C=N–C) groups is 1. The van der Waals surface area contributed by atoms with E-state index in [-0.39, 0.29) is 11.5 Å². The Morgan fingerprint density at radius 1 is 1.08 bits per heavy atom. The summed E-state index contributed by atoms with van der Waals surface area (Å²) in [4.78, 5) is 31.1. The number of thioether (sulfide) groups is 1. The molecule has 196 valence electrons. The fourth-order valence-corrected chi connectivity index (χ4v) is 5.21. The Bertz CT molecular complexity index is 1420. The van der Waals surface area contributed by atoms with Crippen molar-refractivity contribution in [1.29, 1.82) is 0 Å². The molecule has 0 bridgehead atoms. The number of hydrogen-bond acceptors (Lipinski definition) is 6. The first-order chi connectivity index (χ1) is 18.3. The summed E-state index contributed by atoms with van der Waals surface area (Å²) in [6.45, 7) is 7.10. The summed E-state index contributed by atoms with van der Waals surface area (Å²) >= 11 is 4.86. The van der Waals surface area contributed by atoms with Gasteiger partial charge in [0.05, 0.1) is 22.8 Å². The average molecular weight is 596 g/mol. The molecule has 0 aromatic heterocycles. The molecule has 1 heterocycles. The quantitative estimate of drug-likeness (QED) is 0.267. The Morgan fingerprint density at radius 3 is 2.50 bits per heavy atom. The zero-order valence-corrected chi connectivity index (χ0v) is 23.6. The lowest BCUT2D eigenvalue weighted by atomic mass is 10.1. The first kappa shape index (κ1) is 27.5. The summed E-state index contributed by atoms with van der Waals surface area (Å²) in [5, 5.41) is 9.76. The van der Waals surface area contributed by atoms with E-state index < -0.39 is 5.97 Å². The lowest BCUT2D eigenvalue weighted by Crippen LogP contribution is -2.28. The van der Waals surface area contributed by atoms with Crippen LogP contribution in [0.1, 0.15) is 40.9 Å². The monoisotopic (exact) mass is 594 g/mol. The third-order valence-corrected chi connectivity index (χ3v) is 7.38. The van der Waals surface area contributed by atoms with Gasteiger partial charge in [-0.15, -0.1) is 0 Å². The van der Waals surface area contributed by atoms with Gasteiger partial charge in [0.2, 0.25) is 0 Å². The van der Waals surface area contributed by atoms with E-state index in [0.29, 0.717) is 47.0 Å². The number of carbonyl (C=O) groups is 2. The molecule has 1 aliphatic heterocycles. The average Bonchev–Trinajstić information content (AvgIpc) is 3.19. The summed E-state index contributed by atoms with van der Waals surface area (Å²) in [5.74, 6) is -0.0222. The van der Waals surface area contributed by atoms with E-state index in [2.05, 4.69) is 20.9 Å². The molecule has 0 saturated carbocycles. The molecule has 4 rings (SSSR count). The number of amides is 1. The molecule has 1 saturated heterocycles. The molecular weight excluding hydrogens is 568 g/mol. The lowest BCUT2D eigenvalue weighted by molar-refractivity contribution is -0.122. The highest BCUT2D eigenvalue weighted by Gasteiger charge is 2.32. The topological polar surface area (TPSA) is 88.4 Å². The second-order valence-electron chi connectivity index (χ2n) is 8.44. The molecule has 9 heteroatoms. The number of carboxylic acid groups (broad SMARTS) is 1. The van der Waals surface area contributed by atoms with Gasteiger partial charge in [0.1, 0.15) is 6.61 Å². The summed E-state index contributed by atoms with van der Waals surface area (Å²) in [6.07, 6.45) is 1.79. The van der Waals surface area contributed by atoms with Crippen molar-refractivity contribution in [3.63, 3.8) is 0 Å². The standard InChI is InChI=1S/C29H27BrN2O5S/c1-4-32-27(33)26(38-29(32)31-22-8-6-7-20(13-22)28(34)35)15-21-14-24(36-5-2)25(16-23(21)30)37-17-19-11-9-18(3)10-12-19/h6-16H,4-5,17H2,1-3H3,(H,34,35). The lowest BCUT2D eigenvalue weighted by Gasteiger charge is -2.14. The van der Waals surface area contributed by atoms with E-state index in [1.54, 1.807) is 23.1 Å². The highest BCUT2D eigenvalue weighted by atomic mass is 79.9. The smallest absolute Gasteiger partial charge is 0.335 e. The van der Waals surface area contributed by atoms with Gasteiger partial charge in [0.15, 0.2) is 16.7 Å². The van der Waals surface area contributed by atoms with Crippen LogP contribution in [0.15, 0.2) is 75.0 Å². The van der Waals surface area contributed by atoms with Crippen LogP contribution in [0, 0.1) is 6.92 Å². The summed E-state index contributed by atoms with van der Waals surface area (Å²) in [7, 11) is 0. The molecule has 3 aromatic carbocycles. The Morgan fingerprint density at radius 2 is 1.82 bits per heavy atom. The van der Waals surface area contributed by atoms with E-state index in [1.165, 1.54) is 29.5 Å². The third kappa shape index (κ3) is 6.46. The Kier molecular flexibility index (Phi) is 8.91. The molecule has 0 aliphatic carbocycles. The molecule has 0 unspecified atom stereocenters. The van der Waals surface area contributed by atoms with Crippen molar-refractivity contribution in [3.05, 3.63) is 92.3 Å². The minimum absolute atomic E-state index is 0.136. The molecule has 0 spiro atoms. The van der Waals surface area contributed by atoms with Gasteiger partial charge < -0.3 is 14.6 Å². The molecule has 1 fully saturated rings. The van der Waals surface area contributed by atoms with Crippen molar-refractivity contribution in [2.75, 3.05) is 13.2 Å². The van der Waals surface area contributed by atoms with Gasteiger partial charge in [-0.05, 0) is 80.1 Å². The number of aromatic carboxylic acids is 1. The van der Waals surface area contributed by atoms with E-state index in [0.717, 1.165) is 15.6 Å². The Hall–Kier alpha value is -3.56. The third-order valence-electron chi connectivity index (χ3n) is 5.69. The fraction of sp³-hybridized carbons (Fsp3) is 0.207. The molecule has 1 N–H and O–H groups in total. The maximum absolute atomic E-state index is 13.2. The normalized spacial score (nSPS) is 15.4. The van der Waals surface area contributed by atoms with Crippen molar-refractivity contribution in [3.8, 4) is 11.5 Å². The number of aryl methyl sites for hydroxylation is 1. The number of rotatable bonds is 9. The maximum Gasteiger partial charge on any atom is 0.335 e. The molecule has 38 heavy (non-hydrogen) atoms. The van der Waals surface area contributed by atoms with Gasteiger partial charge in [-0.3, -0.25) is 9.69 Å². The number of benzene rings is 3. The van der Waals surface area contributed by atoms with Crippen LogP contribution in [-0.4, -0.2) is 40.2 Å². The van der Waals surface area contributed by atoms with Crippen LogP contribution < -0.4 is 9.47 Å². The summed E-state index contributed by atoms with van der Waals surface area (Å²) in [5.41, 5.74) is 3.60. The van der Waals surface area contributed by atoms with Crippen LogP contribution >= 0.6 is 27.7 Å². The first-order valence-electron chi connectivity index (χ1n) is 12.1. The van der Waals surface area contributed by atoms with Crippen molar-refractivity contribution in [2.45, 2.75) is 27.4 Å². The van der Waals surface area contributed by atoms with E-state index >= 15 is 0 Å². The fourth-order valence-electron chi connectivity index (χ4n) is 3.72. The number of carbonyl (C=O) groups excluding carboxylic acids is 1. The number of hydrogen-bond donors (Lipinski definition) is 1. The minimum Gasteiger partial charge on any atom is -0.490 e. The zero-order chi connectivity index (χ0) is 27.2. The number of ether oxygens (including phenoxy) is 2. The second kappa shape index (κ2) is 12.3. The molecule has 1 aliphatic rings. The Balaban J connectivity index is 1.61. The summed E-state index contributed by atoms with van der Waals surface area (Å²) in [6, 6.07) is 18.2. The van der Waals surface area contributed by atoms with Gasteiger partial charge in [-0.2, -0.15) is 0 Å². The zero-order valence-electron chi connectivity index (χ0n) is 21.2. The Labute approximate surface area is 234 Å². The minimum atomic E-state index is -1.03. The van der Waals surface area contributed by atoms with E-state index in [9.17, 15) is 14.7 Å². The maximum atomic E-state index is 13.2. The number of amidine groups is 1. The van der Waals surface area contributed by atoms with Gasteiger partial charge >= 0.3 is 5.97 Å². The molecule has 0 atom stereocenters. The molecular formula is C29H27BrN2O5S. The van der Waals surface area contributed by atoms with Crippen LogP contribution in [0.4, 0.5) is 5.69 Å². The van der Waals surface area contributed by atoms with Gasteiger partial charge in [0.25, 0.3) is 5.91 Å². The van der Waals surface area contributed by atoms with Gasteiger partial charge in [0, 0.05) is 11.0 Å². The molecule has 7 nitrogen and oxygen atoms in total. The van der Waals surface area contributed by atoms with Crippen molar-refractivity contribution in [2.24, 2.45) is 4.99 Å². The van der Waals surface area contributed by atoms with Crippen LogP contribution in [0.5, 0.6) is 11.5 Å². The predicted molar refractivity (Wildman–Crippen MR) is 154 cm³/mol. The van der Waals surface area contributed by atoms with Crippen molar-refractivity contribution < 1.29 is 24.2 Å². The van der Waals surface area contributed by atoms with E-state index in [1.807, 2.05) is 57.2 Å². The number of nitrogens with zero attached hydrogens (tertiary/aromatic N) is 2.